The molecule has 2 saturated heterocycles. The van der Waals surface area contributed by atoms with E-state index in [1.807, 2.05) is 84.9 Å². The molecule has 0 saturated carbocycles. The molecule has 0 aliphatic carbocycles. The molecule has 2 heterocycles. The molecule has 10 nitrogen and oxygen atoms in total. The molecule has 260 valence electrons. The van der Waals surface area contributed by atoms with E-state index in [9.17, 15) is 14.4 Å². The van der Waals surface area contributed by atoms with E-state index in [2.05, 4.69) is 26.6 Å². The van der Waals surface area contributed by atoms with Crippen molar-refractivity contribution in [2.24, 2.45) is 5.92 Å². The zero-order valence-electron chi connectivity index (χ0n) is 28.3. The van der Waals surface area contributed by atoms with Gasteiger partial charge in [-0.1, -0.05) is 72.8 Å². The molecule has 2 fully saturated rings. The predicted octanol–water partition coefficient (Wildman–Crippen LogP) is 3.10. The number of nitrogens with one attached hydrogen (secondary N) is 5. The third-order valence-electron chi connectivity index (χ3n) is 9.61. The van der Waals surface area contributed by atoms with Crippen molar-refractivity contribution in [2.75, 3.05) is 27.2 Å². The number of fused-ring (bicyclic) bond motifs is 1. The van der Waals surface area contributed by atoms with Crippen LogP contribution in [0.4, 0.5) is 0 Å². The average Bonchev–Trinajstić information content (AvgIpc) is 3.52. The lowest BCUT2D eigenvalue weighted by atomic mass is 9.92. The average molecular weight is 685 g/mol. The topological polar surface area (TPSA) is 124 Å². The van der Waals surface area contributed by atoms with Crippen LogP contribution in [0, 0.1) is 5.92 Å². The number of likely N-dealkylation sites (N-methyl/N-ethyl adjacent to an activating group) is 1. The lowest BCUT2D eigenvalue weighted by Crippen LogP contribution is -2.59. The number of amides is 3. The van der Waals surface area contributed by atoms with E-state index in [4.69, 9.17) is 17.0 Å². The number of benzene rings is 3. The van der Waals surface area contributed by atoms with Gasteiger partial charge < -0.3 is 36.2 Å². The fourth-order valence-electron chi connectivity index (χ4n) is 6.83. The van der Waals surface area contributed by atoms with Crippen LogP contribution in [0.25, 0.3) is 0 Å². The highest BCUT2D eigenvalue weighted by Gasteiger charge is 2.47. The Kier molecular flexibility index (Phi) is 13.0. The maximum atomic E-state index is 14.5. The van der Waals surface area contributed by atoms with Crippen molar-refractivity contribution in [2.45, 2.75) is 69.2 Å². The third kappa shape index (κ3) is 9.79. The molecule has 2 aliphatic rings. The van der Waals surface area contributed by atoms with Crippen molar-refractivity contribution in [1.29, 1.82) is 0 Å². The van der Waals surface area contributed by atoms with E-state index in [-0.39, 0.29) is 29.7 Å². The molecule has 0 spiro atoms. The van der Waals surface area contributed by atoms with Crippen LogP contribution < -0.4 is 31.3 Å². The number of rotatable bonds is 14. The Labute approximate surface area is 294 Å². The number of carbonyl (C=O) groups is 3. The highest BCUT2D eigenvalue weighted by atomic mass is 32.1. The Balaban J connectivity index is 1.27. The summed E-state index contributed by atoms with van der Waals surface area (Å²) in [5.74, 6) is -0.0715. The zero-order chi connectivity index (χ0) is 34.6. The number of carbonyl (C=O) groups excluding carboxylic acids is 3. The maximum absolute atomic E-state index is 14.5. The molecular weight excluding hydrogens is 637 g/mol. The maximum Gasteiger partial charge on any atom is 0.246 e. The van der Waals surface area contributed by atoms with Gasteiger partial charge in [-0.2, -0.15) is 0 Å². The number of methoxy groups -OCH3 is 1. The Hall–Kier alpha value is -4.48. The molecule has 3 aromatic rings. The van der Waals surface area contributed by atoms with E-state index in [0.29, 0.717) is 50.4 Å². The van der Waals surface area contributed by atoms with E-state index >= 15 is 0 Å². The Morgan fingerprint density at radius 2 is 1.53 bits per heavy atom. The summed E-state index contributed by atoms with van der Waals surface area (Å²) in [4.78, 5) is 43.6. The van der Waals surface area contributed by atoms with Crippen LogP contribution in [0.15, 0.2) is 84.9 Å². The minimum absolute atomic E-state index is 0.0678. The third-order valence-corrected chi connectivity index (χ3v) is 9.89. The molecular formula is C38H48N6O4S. The van der Waals surface area contributed by atoms with Gasteiger partial charge in [-0.15, -0.1) is 0 Å². The van der Waals surface area contributed by atoms with Gasteiger partial charge in [-0.3, -0.25) is 14.4 Å². The first-order chi connectivity index (χ1) is 23.9. The number of hydrogen-bond acceptors (Lipinski definition) is 6. The molecule has 3 unspecified atom stereocenters. The van der Waals surface area contributed by atoms with Crippen molar-refractivity contribution >= 4 is 35.1 Å². The molecule has 5 rings (SSSR count). The Morgan fingerprint density at radius 1 is 0.857 bits per heavy atom. The van der Waals surface area contributed by atoms with Crippen molar-refractivity contribution < 1.29 is 19.1 Å². The first kappa shape index (κ1) is 35.8. The summed E-state index contributed by atoms with van der Waals surface area (Å²) in [6, 6.07) is 25.5. The monoisotopic (exact) mass is 684 g/mol. The van der Waals surface area contributed by atoms with Gasteiger partial charge >= 0.3 is 0 Å². The summed E-state index contributed by atoms with van der Waals surface area (Å²) in [5, 5.41) is 16.3. The standard InChI is InChI=1S/C38H48N6O4S/c1-39-32(23-27-9-5-3-6-10-27)35(45)43-34-29(25-42-38(49)41-24-28-11-7-4-8-12-28)15-16-30-17-20-33(44(30)37(34)47)36(46)40-22-21-26-13-18-31(48-2)19-14-26/h3-14,18-19,29-30,32-34,39H,15-17,20-25H2,1-2H3,(H,40,46)(H,43,45)(H2,41,42,49)/t29-,30?,32?,33+,34?/m1/s1. The lowest BCUT2D eigenvalue weighted by Gasteiger charge is -2.33. The smallest absolute Gasteiger partial charge is 0.246 e. The molecule has 3 aromatic carbocycles. The van der Waals surface area contributed by atoms with Gasteiger partial charge in [0.15, 0.2) is 5.11 Å². The van der Waals surface area contributed by atoms with Crippen LogP contribution in [0.3, 0.4) is 0 Å². The molecule has 0 radical (unpaired) electrons. The Bertz CT molecular complexity index is 1540. The van der Waals surface area contributed by atoms with Crippen LogP contribution in [0.1, 0.15) is 42.4 Å². The second-order valence-corrected chi connectivity index (χ2v) is 13.2. The largest absolute Gasteiger partial charge is 0.497 e. The van der Waals surface area contributed by atoms with Gasteiger partial charge in [-0.25, -0.2) is 0 Å². The van der Waals surface area contributed by atoms with E-state index in [0.717, 1.165) is 35.3 Å². The first-order valence-corrected chi connectivity index (χ1v) is 17.6. The molecule has 5 N–H and O–H groups in total. The quantitative estimate of drug-likeness (QED) is 0.164. The fraction of sp³-hybridized carbons (Fsp3) is 0.421. The second kappa shape index (κ2) is 17.8. The summed E-state index contributed by atoms with van der Waals surface area (Å²) in [6.45, 7) is 1.43. The van der Waals surface area contributed by atoms with Crippen molar-refractivity contribution in [1.82, 2.24) is 31.5 Å². The molecule has 5 atom stereocenters. The summed E-state index contributed by atoms with van der Waals surface area (Å²) >= 11 is 5.59. The number of hydrogen-bond donors (Lipinski definition) is 5. The summed E-state index contributed by atoms with van der Waals surface area (Å²) in [7, 11) is 3.38. The van der Waals surface area contributed by atoms with Gasteiger partial charge in [0.1, 0.15) is 17.8 Å². The van der Waals surface area contributed by atoms with Crippen molar-refractivity contribution in [3.63, 3.8) is 0 Å². The molecule has 3 amide bonds. The predicted molar refractivity (Wildman–Crippen MR) is 195 cm³/mol. The molecule has 2 aliphatic heterocycles. The van der Waals surface area contributed by atoms with Gasteiger partial charge in [0.25, 0.3) is 0 Å². The van der Waals surface area contributed by atoms with Crippen LogP contribution in [0.2, 0.25) is 0 Å². The van der Waals surface area contributed by atoms with E-state index < -0.39 is 18.1 Å². The first-order valence-electron chi connectivity index (χ1n) is 17.2. The minimum atomic E-state index is -0.818. The van der Waals surface area contributed by atoms with Gasteiger partial charge in [0, 0.05) is 31.6 Å². The summed E-state index contributed by atoms with van der Waals surface area (Å²) in [5.41, 5.74) is 3.20. The Morgan fingerprint density at radius 3 is 2.20 bits per heavy atom. The van der Waals surface area contributed by atoms with Gasteiger partial charge in [0.2, 0.25) is 17.7 Å². The number of ether oxygens (including phenoxy) is 1. The van der Waals surface area contributed by atoms with Crippen LogP contribution in [0.5, 0.6) is 5.75 Å². The van der Waals surface area contributed by atoms with Crippen LogP contribution in [-0.4, -0.2) is 79.1 Å². The highest BCUT2D eigenvalue weighted by molar-refractivity contribution is 7.80. The fourth-order valence-corrected chi connectivity index (χ4v) is 6.98. The molecule has 0 bridgehead atoms. The summed E-state index contributed by atoms with van der Waals surface area (Å²) in [6.07, 6.45) is 3.91. The van der Waals surface area contributed by atoms with Crippen LogP contribution in [-0.2, 0) is 33.8 Å². The van der Waals surface area contributed by atoms with E-state index in [1.165, 1.54) is 0 Å². The normalized spacial score (nSPS) is 20.8. The highest BCUT2D eigenvalue weighted by Crippen LogP contribution is 2.34. The summed E-state index contributed by atoms with van der Waals surface area (Å²) < 4.78 is 5.24. The van der Waals surface area contributed by atoms with Crippen molar-refractivity contribution in [3.8, 4) is 5.75 Å². The molecule has 11 heteroatoms. The lowest BCUT2D eigenvalue weighted by molar-refractivity contribution is -0.143. The molecule has 0 aromatic heterocycles. The van der Waals surface area contributed by atoms with E-state index in [1.54, 1.807) is 19.1 Å². The van der Waals surface area contributed by atoms with Gasteiger partial charge in [0.05, 0.1) is 13.2 Å². The minimum Gasteiger partial charge on any atom is -0.497 e. The number of thiocarbonyl (C=S) groups is 1. The SMILES string of the molecule is CNC(Cc1ccccc1)C(=O)NC1C(=O)N2C(CC[C@@H]1CNC(=S)NCc1ccccc1)CC[C@H]2C(=O)NCCc1ccc(OC)cc1. The van der Waals surface area contributed by atoms with Crippen molar-refractivity contribution in [3.05, 3.63) is 102 Å². The van der Waals surface area contributed by atoms with Gasteiger partial charge in [-0.05, 0) is 86.6 Å². The molecule has 49 heavy (non-hydrogen) atoms. The number of nitrogens with zero attached hydrogens (tertiary/aromatic N) is 1. The van der Waals surface area contributed by atoms with Crippen LogP contribution >= 0.6 is 12.2 Å². The second-order valence-electron chi connectivity index (χ2n) is 12.8. The zero-order valence-corrected chi connectivity index (χ0v) is 29.1.